The molecule has 0 saturated carbocycles. The summed E-state index contributed by atoms with van der Waals surface area (Å²) in [6.45, 7) is 1.61. The molecule has 1 heterocycles. The third kappa shape index (κ3) is 3.70. The lowest BCUT2D eigenvalue weighted by Crippen LogP contribution is -2.12. The number of aromatic nitrogens is 2. The fourth-order valence-corrected chi connectivity index (χ4v) is 2.62. The van der Waals surface area contributed by atoms with Gasteiger partial charge in [0, 0.05) is 5.56 Å². The largest absolute Gasteiger partial charge is 0.456 e. The smallest absolute Gasteiger partial charge is 0.338 e. The lowest BCUT2D eigenvalue weighted by molar-refractivity contribution is 0.0464. The Bertz CT molecular complexity index is 1030. The Morgan fingerprint density at radius 1 is 1.11 bits per heavy atom. The number of carbonyl (C=O) groups is 2. The van der Waals surface area contributed by atoms with Crippen LogP contribution >= 0.6 is 0 Å². The zero-order valence-corrected chi connectivity index (χ0v) is 14.5. The van der Waals surface area contributed by atoms with Crippen LogP contribution in [0.15, 0.2) is 54.6 Å². The van der Waals surface area contributed by atoms with Gasteiger partial charge in [-0.2, -0.15) is 10.4 Å². The van der Waals surface area contributed by atoms with Crippen molar-refractivity contribution in [1.29, 1.82) is 5.26 Å². The van der Waals surface area contributed by atoms with Gasteiger partial charge in [-0.05, 0) is 43.3 Å². The first-order valence-corrected chi connectivity index (χ1v) is 8.12. The van der Waals surface area contributed by atoms with Crippen LogP contribution in [-0.2, 0) is 11.3 Å². The van der Waals surface area contributed by atoms with Crippen molar-refractivity contribution in [2.75, 3.05) is 0 Å². The topological polar surface area (TPSA) is 111 Å². The van der Waals surface area contributed by atoms with Crippen molar-refractivity contribution in [2.24, 2.45) is 5.73 Å². The molecule has 27 heavy (non-hydrogen) atoms. The lowest BCUT2D eigenvalue weighted by atomic mass is 10.1. The first-order chi connectivity index (χ1) is 13.0. The van der Waals surface area contributed by atoms with Gasteiger partial charge in [-0.1, -0.05) is 18.2 Å². The maximum absolute atomic E-state index is 12.3. The SMILES string of the molecule is Cc1nn(-c2ccccc2)c(COC(=O)c2ccc(C(N)=O)cc2)c1C#N. The normalized spacial score (nSPS) is 10.2. The molecule has 0 aliphatic carbocycles. The van der Waals surface area contributed by atoms with Gasteiger partial charge in [0.1, 0.15) is 18.2 Å². The molecule has 0 saturated heterocycles. The zero-order valence-electron chi connectivity index (χ0n) is 14.5. The Morgan fingerprint density at radius 2 is 1.74 bits per heavy atom. The average molecular weight is 360 g/mol. The van der Waals surface area contributed by atoms with E-state index < -0.39 is 11.9 Å². The second-order valence-corrected chi connectivity index (χ2v) is 5.78. The van der Waals surface area contributed by atoms with E-state index in [4.69, 9.17) is 10.5 Å². The molecule has 0 atom stereocenters. The predicted octanol–water partition coefficient (Wildman–Crippen LogP) is 2.51. The maximum Gasteiger partial charge on any atom is 0.338 e. The van der Waals surface area contributed by atoms with Gasteiger partial charge in [-0.3, -0.25) is 4.79 Å². The fraction of sp³-hybridized carbons (Fsp3) is 0.100. The van der Waals surface area contributed by atoms with Crippen LogP contribution in [0.4, 0.5) is 0 Å². The summed E-state index contributed by atoms with van der Waals surface area (Å²) in [6.07, 6.45) is 0. The van der Waals surface area contributed by atoms with Gasteiger partial charge < -0.3 is 10.5 Å². The number of nitrogens with two attached hydrogens (primary N) is 1. The van der Waals surface area contributed by atoms with Crippen LogP contribution < -0.4 is 5.73 Å². The van der Waals surface area contributed by atoms with E-state index in [0.717, 1.165) is 5.69 Å². The van der Waals surface area contributed by atoms with Crippen molar-refractivity contribution in [3.63, 3.8) is 0 Å². The molecular formula is C20H16N4O3. The summed E-state index contributed by atoms with van der Waals surface area (Å²) in [5.41, 5.74) is 7.94. The van der Waals surface area contributed by atoms with E-state index in [2.05, 4.69) is 11.2 Å². The number of primary amides is 1. The van der Waals surface area contributed by atoms with E-state index in [-0.39, 0.29) is 12.2 Å². The van der Waals surface area contributed by atoms with E-state index in [0.29, 0.717) is 22.5 Å². The number of hydrogen-bond donors (Lipinski definition) is 1. The summed E-state index contributed by atoms with van der Waals surface area (Å²) in [5.74, 6) is -1.15. The molecule has 2 N–H and O–H groups in total. The van der Waals surface area contributed by atoms with Crippen molar-refractivity contribution < 1.29 is 14.3 Å². The first kappa shape index (κ1) is 17.9. The molecule has 3 rings (SSSR count). The Morgan fingerprint density at radius 3 is 2.33 bits per heavy atom. The van der Waals surface area contributed by atoms with Crippen molar-refractivity contribution >= 4 is 11.9 Å². The third-order valence-corrected chi connectivity index (χ3v) is 4.01. The van der Waals surface area contributed by atoms with Gasteiger partial charge in [0.05, 0.1) is 22.6 Å². The van der Waals surface area contributed by atoms with Gasteiger partial charge >= 0.3 is 5.97 Å². The van der Waals surface area contributed by atoms with Crippen LogP contribution in [0.25, 0.3) is 5.69 Å². The summed E-state index contributed by atoms with van der Waals surface area (Å²) in [7, 11) is 0. The molecule has 7 nitrogen and oxygen atoms in total. The standard InChI is InChI=1S/C20H16N4O3/c1-13-17(11-21)18(24(23-13)16-5-3-2-4-6-16)12-27-20(26)15-9-7-14(8-10-15)19(22)25/h2-10H,12H2,1H3,(H2,22,25). The number of nitrogens with zero attached hydrogens (tertiary/aromatic N) is 3. The number of hydrogen-bond acceptors (Lipinski definition) is 5. The van der Waals surface area contributed by atoms with E-state index in [1.54, 1.807) is 11.6 Å². The van der Waals surface area contributed by atoms with E-state index in [1.807, 2.05) is 30.3 Å². The molecule has 0 aliphatic heterocycles. The van der Waals surface area contributed by atoms with Gasteiger partial charge in [-0.25, -0.2) is 9.48 Å². The average Bonchev–Trinajstić information content (AvgIpc) is 3.02. The number of nitriles is 1. The van der Waals surface area contributed by atoms with E-state index in [1.165, 1.54) is 24.3 Å². The molecule has 1 amide bonds. The van der Waals surface area contributed by atoms with Crippen molar-refractivity contribution in [3.05, 3.63) is 82.7 Å². The summed E-state index contributed by atoms with van der Waals surface area (Å²) < 4.78 is 6.96. The first-order valence-electron chi connectivity index (χ1n) is 8.12. The fourth-order valence-electron chi connectivity index (χ4n) is 2.62. The molecule has 0 bridgehead atoms. The monoisotopic (exact) mass is 360 g/mol. The minimum Gasteiger partial charge on any atom is -0.456 e. The molecule has 1 aromatic heterocycles. The van der Waals surface area contributed by atoms with Gasteiger partial charge in [-0.15, -0.1) is 0 Å². The van der Waals surface area contributed by atoms with Crippen LogP contribution in [0.3, 0.4) is 0 Å². The van der Waals surface area contributed by atoms with E-state index in [9.17, 15) is 14.9 Å². The molecule has 134 valence electrons. The molecule has 0 radical (unpaired) electrons. The number of aryl methyl sites for hydroxylation is 1. The Balaban J connectivity index is 1.84. The Kier molecular flexibility index (Phi) is 4.99. The number of ether oxygens (including phenoxy) is 1. The molecule has 2 aromatic carbocycles. The number of rotatable bonds is 5. The van der Waals surface area contributed by atoms with Crippen LogP contribution in [0.1, 0.15) is 37.7 Å². The maximum atomic E-state index is 12.3. The van der Waals surface area contributed by atoms with Crippen LogP contribution in [0.2, 0.25) is 0 Å². The minimum absolute atomic E-state index is 0.116. The molecule has 3 aromatic rings. The van der Waals surface area contributed by atoms with Crippen molar-refractivity contribution in [1.82, 2.24) is 9.78 Å². The second-order valence-electron chi connectivity index (χ2n) is 5.78. The molecule has 7 heteroatoms. The summed E-state index contributed by atoms with van der Waals surface area (Å²) in [5, 5.41) is 13.8. The molecular weight excluding hydrogens is 344 g/mol. The molecule has 0 fully saturated rings. The number of esters is 1. The predicted molar refractivity (Wildman–Crippen MR) is 97.1 cm³/mol. The number of amides is 1. The summed E-state index contributed by atoms with van der Waals surface area (Å²) in [6, 6.07) is 17.2. The Labute approximate surface area is 155 Å². The highest BCUT2D eigenvalue weighted by molar-refractivity contribution is 5.95. The summed E-state index contributed by atoms with van der Waals surface area (Å²) in [4.78, 5) is 23.4. The van der Waals surface area contributed by atoms with Crippen molar-refractivity contribution in [2.45, 2.75) is 13.5 Å². The van der Waals surface area contributed by atoms with Crippen LogP contribution in [0, 0.1) is 18.3 Å². The molecule has 0 aliphatic rings. The van der Waals surface area contributed by atoms with Crippen LogP contribution in [0.5, 0.6) is 0 Å². The van der Waals surface area contributed by atoms with Gasteiger partial charge in [0.25, 0.3) is 0 Å². The second kappa shape index (κ2) is 7.54. The number of benzene rings is 2. The van der Waals surface area contributed by atoms with Gasteiger partial charge in [0.15, 0.2) is 0 Å². The zero-order chi connectivity index (χ0) is 19.4. The highest BCUT2D eigenvalue weighted by Gasteiger charge is 2.18. The van der Waals surface area contributed by atoms with Gasteiger partial charge in [0.2, 0.25) is 5.91 Å². The quantitative estimate of drug-likeness (QED) is 0.703. The Hall–Kier alpha value is -3.92. The minimum atomic E-state index is -0.576. The van der Waals surface area contributed by atoms with Crippen LogP contribution in [-0.4, -0.2) is 21.7 Å². The van der Waals surface area contributed by atoms with E-state index >= 15 is 0 Å². The molecule has 0 unspecified atom stereocenters. The lowest BCUT2D eigenvalue weighted by Gasteiger charge is -2.09. The molecule has 0 spiro atoms. The highest BCUT2D eigenvalue weighted by Crippen LogP contribution is 2.19. The number of para-hydroxylation sites is 1. The number of carbonyl (C=O) groups excluding carboxylic acids is 2. The third-order valence-electron chi connectivity index (χ3n) is 4.01. The summed E-state index contributed by atoms with van der Waals surface area (Å²) >= 11 is 0. The van der Waals surface area contributed by atoms with Crippen molar-refractivity contribution in [3.8, 4) is 11.8 Å². The highest BCUT2D eigenvalue weighted by atomic mass is 16.5.